The van der Waals surface area contributed by atoms with Gasteiger partial charge in [0.25, 0.3) is 0 Å². The Balaban J connectivity index is 0.00000112. The van der Waals surface area contributed by atoms with Gasteiger partial charge in [-0.15, -0.1) is 12.4 Å². The van der Waals surface area contributed by atoms with Gasteiger partial charge in [-0.2, -0.15) is 0 Å². The van der Waals surface area contributed by atoms with Crippen LogP contribution in [0.25, 0.3) is 5.69 Å². The zero-order valence-corrected chi connectivity index (χ0v) is 8.95. The van der Waals surface area contributed by atoms with Crippen LogP contribution < -0.4 is 0 Å². The molecule has 0 aliphatic heterocycles. The van der Waals surface area contributed by atoms with Crippen molar-refractivity contribution in [2.24, 2.45) is 0 Å². The van der Waals surface area contributed by atoms with Crippen LogP contribution in [-0.2, 0) is 4.74 Å². The summed E-state index contributed by atoms with van der Waals surface area (Å²) >= 11 is 0. The molecule has 80 valence electrons. The van der Waals surface area contributed by atoms with E-state index in [0.29, 0.717) is 5.69 Å². The lowest BCUT2D eigenvalue weighted by molar-refractivity contribution is 0.0595. The summed E-state index contributed by atoms with van der Waals surface area (Å²) < 4.78 is 6.49. The number of aromatic amines is 1. The van der Waals surface area contributed by atoms with Gasteiger partial charge in [-0.05, 0) is 18.2 Å². The van der Waals surface area contributed by atoms with Crippen molar-refractivity contribution in [3.63, 3.8) is 0 Å². The van der Waals surface area contributed by atoms with Crippen LogP contribution in [0.2, 0.25) is 0 Å². The van der Waals surface area contributed by atoms with Crippen LogP contribution >= 0.6 is 12.4 Å². The maximum Gasteiger partial charge on any atom is 0.354 e. The van der Waals surface area contributed by atoms with E-state index < -0.39 is 0 Å². The molecule has 1 N–H and O–H groups in total. The lowest BCUT2D eigenvalue weighted by atomic mass is 10.4. The number of hydrogen-bond donors (Lipinski definition) is 1. The van der Waals surface area contributed by atoms with Gasteiger partial charge in [-0.3, -0.25) is 0 Å². The Morgan fingerprint density at radius 1 is 1.40 bits per heavy atom. The smallest absolute Gasteiger partial charge is 0.354 e. The molecule has 0 fully saturated rings. The first-order chi connectivity index (χ1) is 6.81. The molecule has 15 heavy (non-hydrogen) atoms. The molecule has 0 atom stereocenters. The summed E-state index contributed by atoms with van der Waals surface area (Å²) in [5.41, 5.74) is 1.37. The van der Waals surface area contributed by atoms with E-state index in [4.69, 9.17) is 0 Å². The third-order valence-corrected chi connectivity index (χ3v) is 1.98. The molecule has 2 rings (SSSR count). The second kappa shape index (κ2) is 4.70. The van der Waals surface area contributed by atoms with Crippen molar-refractivity contribution in [1.82, 2.24) is 9.55 Å². The second-order valence-corrected chi connectivity index (χ2v) is 2.85. The standard InChI is InChI=1S/C10H10N2O2.ClH/c1-14-10(13)9-6-8(7-11-9)12-4-2-3-5-12;/h2-7,11H,1H3;1H. The Morgan fingerprint density at radius 3 is 2.67 bits per heavy atom. The van der Waals surface area contributed by atoms with Gasteiger partial charge in [0.05, 0.1) is 12.8 Å². The van der Waals surface area contributed by atoms with Crippen LogP contribution in [0.15, 0.2) is 36.8 Å². The van der Waals surface area contributed by atoms with Gasteiger partial charge < -0.3 is 14.3 Å². The largest absolute Gasteiger partial charge is 0.464 e. The third kappa shape index (κ3) is 2.22. The molecule has 0 bridgehead atoms. The molecule has 2 aromatic rings. The van der Waals surface area contributed by atoms with Crippen molar-refractivity contribution >= 4 is 18.4 Å². The highest BCUT2D eigenvalue weighted by Crippen LogP contribution is 2.10. The van der Waals surface area contributed by atoms with Crippen LogP contribution in [0.1, 0.15) is 10.5 Å². The normalized spacial score (nSPS) is 9.40. The molecule has 2 heterocycles. The molecule has 0 unspecified atom stereocenters. The number of halogens is 1. The quantitative estimate of drug-likeness (QED) is 0.797. The Bertz CT molecular complexity index is 434. The molecule has 0 amide bonds. The van der Waals surface area contributed by atoms with E-state index in [1.807, 2.05) is 29.1 Å². The SMILES string of the molecule is COC(=O)c1cc(-n2cccc2)c[nH]1.Cl. The number of ether oxygens (including phenoxy) is 1. The molecule has 0 aliphatic rings. The minimum atomic E-state index is -0.358. The highest BCUT2D eigenvalue weighted by Gasteiger charge is 2.08. The molecule has 2 aromatic heterocycles. The molecule has 0 saturated carbocycles. The Kier molecular flexibility index (Phi) is 3.57. The van der Waals surface area contributed by atoms with Gasteiger partial charge in [-0.25, -0.2) is 4.79 Å². The first-order valence-electron chi connectivity index (χ1n) is 4.21. The number of esters is 1. The van der Waals surface area contributed by atoms with Gasteiger partial charge in [0.1, 0.15) is 5.69 Å². The number of hydrogen-bond acceptors (Lipinski definition) is 2. The Labute approximate surface area is 93.3 Å². The van der Waals surface area contributed by atoms with Crippen molar-refractivity contribution in [1.29, 1.82) is 0 Å². The second-order valence-electron chi connectivity index (χ2n) is 2.85. The van der Waals surface area contributed by atoms with Gasteiger partial charge in [0, 0.05) is 18.6 Å². The maximum atomic E-state index is 11.1. The Hall–Kier alpha value is -1.68. The predicted octanol–water partition coefficient (Wildman–Crippen LogP) is 2.01. The van der Waals surface area contributed by atoms with E-state index in [1.54, 1.807) is 12.3 Å². The molecule has 0 aromatic carbocycles. The van der Waals surface area contributed by atoms with E-state index in [-0.39, 0.29) is 18.4 Å². The average Bonchev–Trinajstić information content (AvgIpc) is 2.86. The fraction of sp³-hybridized carbons (Fsp3) is 0.100. The summed E-state index contributed by atoms with van der Waals surface area (Å²) in [6.07, 6.45) is 5.57. The number of nitrogens with one attached hydrogen (secondary N) is 1. The van der Waals surface area contributed by atoms with E-state index >= 15 is 0 Å². The van der Waals surface area contributed by atoms with Crippen molar-refractivity contribution in [3.8, 4) is 5.69 Å². The van der Waals surface area contributed by atoms with Gasteiger partial charge >= 0.3 is 5.97 Å². The van der Waals surface area contributed by atoms with Crippen LogP contribution in [0.5, 0.6) is 0 Å². The predicted molar refractivity (Wildman–Crippen MR) is 58.7 cm³/mol. The fourth-order valence-corrected chi connectivity index (χ4v) is 1.27. The topological polar surface area (TPSA) is 47.0 Å². The minimum Gasteiger partial charge on any atom is -0.464 e. The summed E-state index contributed by atoms with van der Waals surface area (Å²) in [6, 6.07) is 5.58. The molecule has 0 saturated heterocycles. The maximum absolute atomic E-state index is 11.1. The van der Waals surface area contributed by atoms with Crippen molar-refractivity contribution in [3.05, 3.63) is 42.5 Å². The van der Waals surface area contributed by atoms with Crippen molar-refractivity contribution < 1.29 is 9.53 Å². The van der Waals surface area contributed by atoms with Crippen LogP contribution in [0.4, 0.5) is 0 Å². The number of carbonyl (C=O) groups is 1. The number of methoxy groups -OCH3 is 1. The van der Waals surface area contributed by atoms with E-state index in [2.05, 4.69) is 9.72 Å². The monoisotopic (exact) mass is 226 g/mol. The summed E-state index contributed by atoms with van der Waals surface area (Å²) in [6.45, 7) is 0. The molecular weight excluding hydrogens is 216 g/mol. The van der Waals surface area contributed by atoms with E-state index in [9.17, 15) is 4.79 Å². The highest BCUT2D eigenvalue weighted by atomic mass is 35.5. The zero-order valence-electron chi connectivity index (χ0n) is 8.14. The van der Waals surface area contributed by atoms with Gasteiger partial charge in [-0.1, -0.05) is 0 Å². The van der Waals surface area contributed by atoms with Gasteiger partial charge in [0.2, 0.25) is 0 Å². The number of nitrogens with zero attached hydrogens (tertiary/aromatic N) is 1. The van der Waals surface area contributed by atoms with Crippen LogP contribution in [-0.4, -0.2) is 22.6 Å². The zero-order chi connectivity index (χ0) is 9.97. The minimum absolute atomic E-state index is 0. The summed E-state index contributed by atoms with van der Waals surface area (Å²) in [4.78, 5) is 14.0. The first-order valence-corrected chi connectivity index (χ1v) is 4.21. The highest BCUT2D eigenvalue weighted by molar-refractivity contribution is 5.88. The third-order valence-electron chi connectivity index (χ3n) is 1.98. The average molecular weight is 227 g/mol. The van der Waals surface area contributed by atoms with Gasteiger partial charge in [0.15, 0.2) is 0 Å². The summed E-state index contributed by atoms with van der Waals surface area (Å²) in [5, 5.41) is 0. The van der Waals surface area contributed by atoms with E-state index in [1.165, 1.54) is 7.11 Å². The number of rotatable bonds is 2. The molecule has 4 nitrogen and oxygen atoms in total. The molecular formula is C10H11ClN2O2. The van der Waals surface area contributed by atoms with Crippen molar-refractivity contribution in [2.45, 2.75) is 0 Å². The summed E-state index contributed by atoms with van der Waals surface area (Å²) in [5.74, 6) is -0.358. The van der Waals surface area contributed by atoms with Crippen LogP contribution in [0, 0.1) is 0 Å². The number of aromatic nitrogens is 2. The first kappa shape index (κ1) is 11.4. The lowest BCUT2D eigenvalue weighted by Crippen LogP contribution is -2.00. The van der Waals surface area contributed by atoms with E-state index in [0.717, 1.165) is 5.69 Å². The molecule has 0 radical (unpaired) electrons. The molecule has 5 heteroatoms. The lowest BCUT2D eigenvalue weighted by Gasteiger charge is -1.95. The fourth-order valence-electron chi connectivity index (χ4n) is 1.27. The van der Waals surface area contributed by atoms with Crippen molar-refractivity contribution in [2.75, 3.05) is 7.11 Å². The Morgan fingerprint density at radius 2 is 2.07 bits per heavy atom. The van der Waals surface area contributed by atoms with Crippen LogP contribution in [0.3, 0.4) is 0 Å². The molecule has 0 spiro atoms. The number of H-pyrrole nitrogens is 1. The summed E-state index contributed by atoms with van der Waals surface area (Å²) in [7, 11) is 1.36. The molecule has 0 aliphatic carbocycles. The number of carbonyl (C=O) groups excluding carboxylic acids is 1.